The van der Waals surface area contributed by atoms with Gasteiger partial charge in [0.05, 0.1) is 79.3 Å². The van der Waals surface area contributed by atoms with Crippen LogP contribution in [0.15, 0.2) is 110 Å². The lowest BCUT2D eigenvalue weighted by Gasteiger charge is -2.13. The van der Waals surface area contributed by atoms with E-state index < -0.39 is 0 Å². The molecule has 0 spiro atoms. The van der Waals surface area contributed by atoms with Crippen molar-refractivity contribution in [2.24, 2.45) is 0 Å². The third-order valence-electron chi connectivity index (χ3n) is 9.96. The number of fused-ring (bicyclic) bond motifs is 2. The Hall–Kier alpha value is -5.60. The van der Waals surface area contributed by atoms with E-state index in [2.05, 4.69) is 107 Å². The fourth-order valence-electron chi connectivity index (χ4n) is 6.66. The maximum atomic E-state index is 6.06. The summed E-state index contributed by atoms with van der Waals surface area (Å²) in [6.07, 6.45) is 16.9. The first kappa shape index (κ1) is 44.5. The van der Waals surface area contributed by atoms with Gasteiger partial charge >= 0.3 is 0 Å². The quantitative estimate of drug-likeness (QED) is 0.165. The summed E-state index contributed by atoms with van der Waals surface area (Å²) in [5.74, 6) is 2.73. The van der Waals surface area contributed by atoms with Gasteiger partial charge in [0.2, 0.25) is 0 Å². The molecule has 0 fully saturated rings. The molecule has 7 rings (SSSR count). The number of nitrogens with zero attached hydrogens (tertiary/aromatic N) is 2. The van der Waals surface area contributed by atoms with Gasteiger partial charge in [-0.2, -0.15) is 0 Å². The molecule has 0 N–H and O–H groups in total. The number of hydrogen-bond donors (Lipinski definition) is 0. The lowest BCUT2D eigenvalue weighted by atomic mass is 10.1. The van der Waals surface area contributed by atoms with E-state index in [9.17, 15) is 0 Å². The molecule has 62 heavy (non-hydrogen) atoms. The number of ether oxygens (including phenoxy) is 10. The molecule has 2 aromatic heterocycles. The van der Waals surface area contributed by atoms with E-state index >= 15 is 0 Å². The Morgan fingerprint density at radius 1 is 0.323 bits per heavy atom. The van der Waals surface area contributed by atoms with Crippen molar-refractivity contribution in [2.75, 3.05) is 106 Å². The van der Waals surface area contributed by atoms with Crippen molar-refractivity contribution in [2.45, 2.75) is 13.1 Å². The Labute approximate surface area is 364 Å². The zero-order valence-corrected chi connectivity index (χ0v) is 35.4. The number of hydrogen-bond acceptors (Lipinski definition) is 10. The number of aromatic nitrogens is 2. The molecule has 0 radical (unpaired) electrons. The maximum Gasteiger partial charge on any atom is 0.174 e. The second-order valence-corrected chi connectivity index (χ2v) is 14.5. The second kappa shape index (κ2) is 25.4. The second-order valence-electron chi connectivity index (χ2n) is 14.5. The molecule has 12 heteroatoms. The Balaban J connectivity index is 0.928. The first-order valence-electron chi connectivity index (χ1n) is 21.4. The largest absolute Gasteiger partial charge is 0.487 e. The highest BCUT2D eigenvalue weighted by Crippen LogP contribution is 2.30. The van der Waals surface area contributed by atoms with Crippen molar-refractivity contribution in [1.29, 1.82) is 0 Å². The molecule has 0 aliphatic carbocycles. The van der Waals surface area contributed by atoms with Gasteiger partial charge in [-0.1, -0.05) is 60.7 Å². The molecular weight excluding hydrogens is 789 g/mol. The van der Waals surface area contributed by atoms with Crippen LogP contribution in [0.5, 0.6) is 23.0 Å². The van der Waals surface area contributed by atoms with Crippen LogP contribution in [-0.4, -0.2) is 106 Å². The third kappa shape index (κ3) is 15.1. The molecule has 0 saturated carbocycles. The molecule has 3 aromatic carbocycles. The van der Waals surface area contributed by atoms with Crippen molar-refractivity contribution >= 4 is 24.3 Å². The van der Waals surface area contributed by atoms with Gasteiger partial charge in [0.15, 0.2) is 60.9 Å². The highest BCUT2D eigenvalue weighted by Gasteiger charge is 2.13. The molecule has 5 aromatic rings. The van der Waals surface area contributed by atoms with Gasteiger partial charge in [0.25, 0.3) is 0 Å². The summed E-state index contributed by atoms with van der Waals surface area (Å²) >= 11 is 0. The lowest BCUT2D eigenvalue weighted by molar-refractivity contribution is -0.693. The molecule has 0 unspecified atom stereocenters. The van der Waals surface area contributed by atoms with Crippen LogP contribution in [0.2, 0.25) is 0 Å². The molecule has 12 nitrogen and oxygen atoms in total. The smallest absolute Gasteiger partial charge is 0.174 e. The van der Waals surface area contributed by atoms with Crippen LogP contribution in [0.25, 0.3) is 24.3 Å². The Morgan fingerprint density at radius 2 is 0.629 bits per heavy atom. The van der Waals surface area contributed by atoms with E-state index in [1.165, 1.54) is 11.1 Å². The lowest BCUT2D eigenvalue weighted by Crippen LogP contribution is -2.36. The van der Waals surface area contributed by atoms with Crippen molar-refractivity contribution in [1.82, 2.24) is 0 Å². The summed E-state index contributed by atoms with van der Waals surface area (Å²) in [4.78, 5) is 0. The Bertz CT molecular complexity index is 1990. The van der Waals surface area contributed by atoms with E-state index in [-0.39, 0.29) is 0 Å². The van der Waals surface area contributed by atoms with Gasteiger partial charge in [0, 0.05) is 35.4 Å². The molecule has 4 heterocycles. The number of rotatable bonds is 8. The van der Waals surface area contributed by atoms with Crippen LogP contribution in [-0.2, 0) is 41.5 Å². The maximum absolute atomic E-state index is 6.06. The number of pyridine rings is 2. The predicted molar refractivity (Wildman–Crippen MR) is 236 cm³/mol. The summed E-state index contributed by atoms with van der Waals surface area (Å²) in [6, 6.07) is 29.1. The Morgan fingerprint density at radius 3 is 0.984 bits per heavy atom. The van der Waals surface area contributed by atoms with Gasteiger partial charge in [-0.15, -0.1) is 0 Å². The summed E-state index contributed by atoms with van der Waals surface area (Å²) in [5, 5.41) is 0. The van der Waals surface area contributed by atoms with Gasteiger partial charge in [-0.25, -0.2) is 9.13 Å². The van der Waals surface area contributed by atoms with Gasteiger partial charge in [-0.3, -0.25) is 0 Å². The molecule has 2 aliphatic heterocycles. The average Bonchev–Trinajstić information content (AvgIpc) is 3.32. The van der Waals surface area contributed by atoms with Crippen molar-refractivity contribution < 1.29 is 56.5 Å². The van der Waals surface area contributed by atoms with Crippen LogP contribution in [0.1, 0.15) is 33.4 Å². The highest BCUT2D eigenvalue weighted by molar-refractivity contribution is 5.71. The van der Waals surface area contributed by atoms with Crippen LogP contribution in [0, 0.1) is 0 Å². The molecule has 0 saturated heterocycles. The monoisotopic (exact) mass is 846 g/mol. The minimum absolute atomic E-state index is 0.418. The highest BCUT2D eigenvalue weighted by atomic mass is 16.6. The fraction of sp³-hybridized carbons (Fsp3) is 0.360. The first-order chi connectivity index (χ1) is 30.7. The van der Waals surface area contributed by atoms with Crippen LogP contribution >= 0.6 is 0 Å². The normalized spacial score (nSPS) is 16.8. The predicted octanol–water partition coefficient (Wildman–Crippen LogP) is 6.34. The average molecular weight is 847 g/mol. The zero-order chi connectivity index (χ0) is 42.3. The molecule has 326 valence electrons. The van der Waals surface area contributed by atoms with Crippen molar-refractivity contribution in [3.63, 3.8) is 0 Å². The van der Waals surface area contributed by atoms with E-state index in [0.29, 0.717) is 129 Å². The standard InChI is InChI=1S/C50H58N2O10/c1-2-4-46(40-52-19-15-42(16-20-52)6-8-44-10-12-48-50(38-44)62-36-32-58-28-24-54-22-26-56-30-34-60-48)45(3-1)39-51-17-13-41(14-18-51)5-7-43-9-11-47-49(37-43)61-35-31-57-27-23-53-21-25-55-29-33-59-47/h1-20,37-38H,21-36,39-40H2/q+2/b7-5+,8-6+. The summed E-state index contributed by atoms with van der Waals surface area (Å²) in [6.45, 7) is 9.34. The van der Waals surface area contributed by atoms with Crippen molar-refractivity contribution in [3.8, 4) is 23.0 Å². The minimum Gasteiger partial charge on any atom is -0.487 e. The molecule has 2 aliphatic rings. The summed E-state index contributed by atoms with van der Waals surface area (Å²) < 4.78 is 61.9. The van der Waals surface area contributed by atoms with E-state index in [0.717, 1.165) is 35.3 Å². The summed E-state index contributed by atoms with van der Waals surface area (Å²) in [5.41, 5.74) is 6.75. The van der Waals surface area contributed by atoms with Gasteiger partial charge in [-0.05, 0) is 46.5 Å². The topological polar surface area (TPSA) is 100 Å². The zero-order valence-electron chi connectivity index (χ0n) is 35.4. The number of benzene rings is 3. The van der Waals surface area contributed by atoms with E-state index in [1.807, 2.05) is 36.4 Å². The first-order valence-corrected chi connectivity index (χ1v) is 21.4. The SMILES string of the molecule is C(=C\c1ccc2c(c1)OCCOCCOCCOCCO2)/c1cc[n+](Cc2ccccc2C[n+]2ccc(/C=C/c3ccc4c(c3)OCCOCCOCCOCCO4)cc2)cc1. The third-order valence-corrected chi connectivity index (χ3v) is 9.96. The van der Waals surface area contributed by atoms with Crippen LogP contribution < -0.4 is 28.1 Å². The molecule has 0 bridgehead atoms. The fourth-order valence-corrected chi connectivity index (χ4v) is 6.66. The van der Waals surface area contributed by atoms with Gasteiger partial charge < -0.3 is 47.4 Å². The van der Waals surface area contributed by atoms with Crippen molar-refractivity contribution in [3.05, 3.63) is 143 Å². The van der Waals surface area contributed by atoms with E-state index in [4.69, 9.17) is 47.4 Å². The van der Waals surface area contributed by atoms with E-state index in [1.54, 1.807) is 0 Å². The minimum atomic E-state index is 0.418. The Kier molecular flexibility index (Phi) is 18.2. The molecule has 0 amide bonds. The molecular formula is C50H58N2O10+2. The van der Waals surface area contributed by atoms with Crippen LogP contribution in [0.3, 0.4) is 0 Å². The van der Waals surface area contributed by atoms with Crippen LogP contribution in [0.4, 0.5) is 0 Å². The molecule has 0 atom stereocenters. The van der Waals surface area contributed by atoms with Gasteiger partial charge in [0.1, 0.15) is 26.4 Å². The summed E-state index contributed by atoms with van der Waals surface area (Å²) in [7, 11) is 0.